The highest BCUT2D eigenvalue weighted by Gasteiger charge is 2.19. The quantitative estimate of drug-likeness (QED) is 0.846. The van der Waals surface area contributed by atoms with Crippen molar-refractivity contribution in [3.63, 3.8) is 0 Å². The van der Waals surface area contributed by atoms with Crippen LogP contribution in [-0.4, -0.2) is 45.9 Å². The fourth-order valence-electron chi connectivity index (χ4n) is 2.73. The zero-order valence-corrected chi connectivity index (χ0v) is 12.2. The van der Waals surface area contributed by atoms with E-state index in [-0.39, 0.29) is 0 Å². The second-order valence-corrected chi connectivity index (χ2v) is 5.55. The summed E-state index contributed by atoms with van der Waals surface area (Å²) in [4.78, 5) is 6.87. The number of nitrogens with zero attached hydrogens (tertiary/aromatic N) is 3. The molecule has 0 spiro atoms. The molecule has 5 heteroatoms. The highest BCUT2D eigenvalue weighted by Crippen LogP contribution is 2.15. The van der Waals surface area contributed by atoms with E-state index in [4.69, 9.17) is 4.74 Å². The molecule has 5 nitrogen and oxygen atoms in total. The van der Waals surface area contributed by atoms with Crippen LogP contribution < -0.4 is 0 Å². The lowest BCUT2D eigenvalue weighted by Crippen LogP contribution is -2.33. The van der Waals surface area contributed by atoms with Gasteiger partial charge in [0, 0.05) is 38.6 Å². The van der Waals surface area contributed by atoms with Crippen LogP contribution in [0.3, 0.4) is 0 Å². The Kier molecular flexibility index (Phi) is 4.97. The van der Waals surface area contributed by atoms with Crippen molar-refractivity contribution in [2.75, 3.05) is 19.7 Å². The highest BCUT2D eigenvalue weighted by atomic mass is 16.5. The number of pyridine rings is 1. The van der Waals surface area contributed by atoms with Gasteiger partial charge in [-0.3, -0.25) is 15.0 Å². The second-order valence-electron chi connectivity index (χ2n) is 5.55. The lowest BCUT2D eigenvalue weighted by molar-refractivity contribution is 0.0705. The van der Waals surface area contributed by atoms with Crippen molar-refractivity contribution in [1.82, 2.24) is 20.1 Å². The minimum absolute atomic E-state index is 0.373. The van der Waals surface area contributed by atoms with Gasteiger partial charge < -0.3 is 4.74 Å². The maximum absolute atomic E-state index is 5.78. The Hall–Kier alpha value is -1.72. The predicted octanol–water partition coefficient (Wildman–Crippen LogP) is 2.03. The first-order chi connectivity index (χ1) is 10.4. The summed E-state index contributed by atoms with van der Waals surface area (Å²) >= 11 is 0. The van der Waals surface area contributed by atoms with E-state index in [1.165, 1.54) is 18.4 Å². The smallest absolute Gasteiger partial charge is 0.0702 e. The van der Waals surface area contributed by atoms with Crippen LogP contribution in [0.25, 0.3) is 0 Å². The van der Waals surface area contributed by atoms with Crippen LogP contribution >= 0.6 is 0 Å². The number of hydrogen-bond donors (Lipinski definition) is 1. The van der Waals surface area contributed by atoms with E-state index in [1.807, 2.05) is 30.7 Å². The molecule has 0 aliphatic carbocycles. The van der Waals surface area contributed by atoms with E-state index in [2.05, 4.69) is 26.1 Å². The maximum Gasteiger partial charge on any atom is 0.0702 e. The van der Waals surface area contributed by atoms with E-state index in [1.54, 1.807) is 0 Å². The highest BCUT2D eigenvalue weighted by molar-refractivity contribution is 5.05. The lowest BCUT2D eigenvalue weighted by Gasteiger charge is -2.24. The number of rotatable bonds is 7. The molecule has 0 amide bonds. The SMILES string of the molecule is c1ccc(CN(CCc2cn[nH]c2)CC2CCCO2)nc1. The number of hydrogen-bond acceptors (Lipinski definition) is 4. The van der Waals surface area contributed by atoms with E-state index in [9.17, 15) is 0 Å². The Morgan fingerprint density at radius 1 is 1.38 bits per heavy atom. The summed E-state index contributed by atoms with van der Waals surface area (Å²) in [6.07, 6.45) is 9.44. The first-order valence-electron chi connectivity index (χ1n) is 7.61. The molecule has 112 valence electrons. The summed E-state index contributed by atoms with van der Waals surface area (Å²) in [6, 6.07) is 6.09. The van der Waals surface area contributed by atoms with E-state index in [0.717, 1.165) is 38.4 Å². The molecule has 0 aromatic carbocycles. The van der Waals surface area contributed by atoms with Gasteiger partial charge in [0.05, 0.1) is 18.0 Å². The molecule has 21 heavy (non-hydrogen) atoms. The summed E-state index contributed by atoms with van der Waals surface area (Å²) < 4.78 is 5.78. The number of nitrogens with one attached hydrogen (secondary N) is 1. The summed E-state index contributed by atoms with van der Waals surface area (Å²) in [5.74, 6) is 0. The zero-order chi connectivity index (χ0) is 14.3. The lowest BCUT2D eigenvalue weighted by atomic mass is 10.2. The van der Waals surface area contributed by atoms with Crippen molar-refractivity contribution in [2.45, 2.75) is 31.9 Å². The fraction of sp³-hybridized carbons (Fsp3) is 0.500. The Bertz CT molecular complexity index is 508. The largest absolute Gasteiger partial charge is 0.377 e. The van der Waals surface area contributed by atoms with Gasteiger partial charge in [0.1, 0.15) is 0 Å². The van der Waals surface area contributed by atoms with Gasteiger partial charge in [0.25, 0.3) is 0 Å². The first-order valence-corrected chi connectivity index (χ1v) is 7.61. The van der Waals surface area contributed by atoms with Gasteiger partial charge in [0.2, 0.25) is 0 Å². The molecule has 0 radical (unpaired) electrons. The molecule has 1 aliphatic heterocycles. The average molecular weight is 286 g/mol. The Morgan fingerprint density at radius 2 is 2.38 bits per heavy atom. The molecule has 3 heterocycles. The van der Waals surface area contributed by atoms with Crippen molar-refractivity contribution in [3.05, 3.63) is 48.0 Å². The van der Waals surface area contributed by atoms with Crippen LogP contribution in [0.15, 0.2) is 36.8 Å². The molecule has 3 rings (SSSR count). The third-order valence-corrected chi connectivity index (χ3v) is 3.87. The average Bonchev–Trinajstić information content (AvgIpc) is 3.19. The summed E-state index contributed by atoms with van der Waals surface area (Å²) in [6.45, 7) is 3.76. The predicted molar refractivity (Wildman–Crippen MR) is 80.8 cm³/mol. The number of aromatic nitrogens is 3. The standard InChI is InChI=1S/C16H22N4O/c1-2-7-17-15(4-1)12-20(13-16-5-3-9-21-16)8-6-14-10-18-19-11-14/h1-2,4,7,10-11,16H,3,5-6,8-9,12-13H2,(H,18,19). The summed E-state index contributed by atoms with van der Waals surface area (Å²) in [5.41, 5.74) is 2.36. The van der Waals surface area contributed by atoms with Gasteiger partial charge >= 0.3 is 0 Å². The van der Waals surface area contributed by atoms with Gasteiger partial charge in [0.15, 0.2) is 0 Å². The summed E-state index contributed by atoms with van der Waals surface area (Å²) in [7, 11) is 0. The molecule has 2 aromatic heterocycles. The molecular formula is C16H22N4O. The van der Waals surface area contributed by atoms with Crippen LogP contribution in [0, 0.1) is 0 Å². The number of H-pyrrole nitrogens is 1. The number of aromatic amines is 1. The fourth-order valence-corrected chi connectivity index (χ4v) is 2.73. The van der Waals surface area contributed by atoms with Crippen molar-refractivity contribution < 1.29 is 4.74 Å². The minimum Gasteiger partial charge on any atom is -0.377 e. The van der Waals surface area contributed by atoms with E-state index < -0.39 is 0 Å². The number of ether oxygens (including phenoxy) is 1. The Balaban J connectivity index is 1.58. The van der Waals surface area contributed by atoms with Gasteiger partial charge in [-0.15, -0.1) is 0 Å². The zero-order valence-electron chi connectivity index (χ0n) is 12.2. The molecule has 0 saturated carbocycles. The second kappa shape index (κ2) is 7.33. The third kappa shape index (κ3) is 4.37. The molecule has 1 atom stereocenters. The molecule has 1 fully saturated rings. The van der Waals surface area contributed by atoms with E-state index in [0.29, 0.717) is 6.10 Å². The molecule has 2 aromatic rings. The Labute approximate surface area is 125 Å². The minimum atomic E-state index is 0.373. The van der Waals surface area contributed by atoms with Gasteiger partial charge in [-0.2, -0.15) is 5.10 Å². The van der Waals surface area contributed by atoms with Crippen molar-refractivity contribution in [2.24, 2.45) is 0 Å². The molecule has 1 aliphatic rings. The maximum atomic E-state index is 5.78. The van der Waals surface area contributed by atoms with Crippen LogP contribution in [0.1, 0.15) is 24.1 Å². The van der Waals surface area contributed by atoms with Gasteiger partial charge in [-0.1, -0.05) is 6.07 Å². The van der Waals surface area contributed by atoms with Crippen molar-refractivity contribution in [1.29, 1.82) is 0 Å². The van der Waals surface area contributed by atoms with Crippen LogP contribution in [-0.2, 0) is 17.7 Å². The monoisotopic (exact) mass is 286 g/mol. The van der Waals surface area contributed by atoms with Gasteiger partial charge in [-0.05, 0) is 37.0 Å². The van der Waals surface area contributed by atoms with Gasteiger partial charge in [-0.25, -0.2) is 0 Å². The molecular weight excluding hydrogens is 264 g/mol. The molecule has 1 unspecified atom stereocenters. The third-order valence-electron chi connectivity index (χ3n) is 3.87. The van der Waals surface area contributed by atoms with Crippen LogP contribution in [0.4, 0.5) is 0 Å². The Morgan fingerprint density at radius 3 is 3.10 bits per heavy atom. The van der Waals surface area contributed by atoms with Crippen LogP contribution in [0.5, 0.6) is 0 Å². The molecule has 1 N–H and O–H groups in total. The van der Waals surface area contributed by atoms with Crippen LogP contribution in [0.2, 0.25) is 0 Å². The van der Waals surface area contributed by atoms with Crippen molar-refractivity contribution >= 4 is 0 Å². The van der Waals surface area contributed by atoms with Crippen molar-refractivity contribution in [3.8, 4) is 0 Å². The summed E-state index contributed by atoms with van der Waals surface area (Å²) in [5, 5.41) is 6.88. The molecule has 0 bridgehead atoms. The first kappa shape index (κ1) is 14.2. The molecule has 1 saturated heterocycles. The normalized spacial score (nSPS) is 18.4. The van der Waals surface area contributed by atoms with E-state index >= 15 is 0 Å². The topological polar surface area (TPSA) is 54.0 Å².